The van der Waals surface area contributed by atoms with E-state index >= 15 is 0 Å². The van der Waals surface area contributed by atoms with E-state index in [0.29, 0.717) is 23.7 Å². The maximum Gasteiger partial charge on any atom is 0.244 e. The van der Waals surface area contributed by atoms with Gasteiger partial charge in [-0.25, -0.2) is 13.1 Å². The number of sulfonamides is 1. The minimum atomic E-state index is -3.57. The van der Waals surface area contributed by atoms with Gasteiger partial charge in [-0.2, -0.15) is 5.10 Å². The van der Waals surface area contributed by atoms with Crippen LogP contribution in [0.5, 0.6) is 0 Å². The molecule has 0 amide bonds. The highest BCUT2D eigenvalue weighted by molar-refractivity contribution is 7.89. The van der Waals surface area contributed by atoms with Gasteiger partial charge in [0.15, 0.2) is 0 Å². The quantitative estimate of drug-likeness (QED) is 0.806. The summed E-state index contributed by atoms with van der Waals surface area (Å²) in [6.07, 6.45) is 0.716. The van der Waals surface area contributed by atoms with Crippen LogP contribution in [0.15, 0.2) is 4.90 Å². The Kier molecular flexibility index (Phi) is 5.11. The van der Waals surface area contributed by atoms with Crippen molar-refractivity contribution in [1.82, 2.24) is 14.5 Å². The van der Waals surface area contributed by atoms with Crippen LogP contribution in [0.3, 0.4) is 0 Å². The van der Waals surface area contributed by atoms with E-state index in [4.69, 9.17) is 5.73 Å². The van der Waals surface area contributed by atoms with Crippen LogP contribution in [0, 0.1) is 19.8 Å². The number of hydrogen-bond acceptors (Lipinski definition) is 4. The molecule has 7 heteroatoms. The minimum absolute atomic E-state index is 0.246. The topological polar surface area (TPSA) is 90.0 Å². The summed E-state index contributed by atoms with van der Waals surface area (Å²) in [5.74, 6) is 0.382. The van der Waals surface area contributed by atoms with E-state index in [1.807, 2.05) is 13.8 Å². The number of nitrogens with zero attached hydrogens (tertiary/aromatic N) is 2. The van der Waals surface area contributed by atoms with Gasteiger partial charge in [-0.1, -0.05) is 13.8 Å². The number of nitrogens with one attached hydrogen (secondary N) is 1. The first-order valence-electron chi connectivity index (χ1n) is 6.41. The second-order valence-electron chi connectivity index (χ2n) is 5.31. The van der Waals surface area contributed by atoms with Crippen molar-refractivity contribution >= 4 is 10.0 Å². The first-order chi connectivity index (χ1) is 8.69. The fourth-order valence-electron chi connectivity index (χ4n) is 2.18. The van der Waals surface area contributed by atoms with Gasteiger partial charge >= 0.3 is 0 Å². The molecule has 0 aliphatic carbocycles. The summed E-state index contributed by atoms with van der Waals surface area (Å²) < 4.78 is 29.1. The van der Waals surface area contributed by atoms with E-state index in [-0.39, 0.29) is 17.5 Å². The summed E-state index contributed by atoms with van der Waals surface area (Å²) >= 11 is 0. The molecular weight excluding hydrogens is 264 g/mol. The van der Waals surface area contributed by atoms with Crippen molar-refractivity contribution in [3.05, 3.63) is 11.4 Å². The number of rotatable bonds is 6. The Morgan fingerprint density at radius 1 is 1.37 bits per heavy atom. The van der Waals surface area contributed by atoms with Crippen molar-refractivity contribution < 1.29 is 8.42 Å². The lowest BCUT2D eigenvalue weighted by Gasteiger charge is -2.18. The SMILES string of the molecule is Cc1nn(C)c(C)c1S(=O)(=O)N[C@@H](CN)CC(C)C. The zero-order valence-electron chi connectivity index (χ0n) is 12.3. The first kappa shape index (κ1) is 16.1. The van der Waals surface area contributed by atoms with Gasteiger partial charge in [-0.3, -0.25) is 4.68 Å². The molecule has 0 aliphatic rings. The summed E-state index contributed by atoms with van der Waals surface area (Å²) in [4.78, 5) is 0.261. The van der Waals surface area contributed by atoms with E-state index in [0.717, 1.165) is 0 Å². The smallest absolute Gasteiger partial charge is 0.244 e. The predicted octanol–water partition coefficient (Wildman–Crippen LogP) is 0.689. The van der Waals surface area contributed by atoms with Crippen molar-refractivity contribution in [2.75, 3.05) is 6.54 Å². The summed E-state index contributed by atoms with van der Waals surface area (Å²) in [6.45, 7) is 7.81. The van der Waals surface area contributed by atoms with Gasteiger partial charge in [-0.15, -0.1) is 0 Å². The second-order valence-corrected chi connectivity index (χ2v) is 6.96. The lowest BCUT2D eigenvalue weighted by atomic mass is 10.1. The van der Waals surface area contributed by atoms with E-state index in [9.17, 15) is 8.42 Å². The van der Waals surface area contributed by atoms with E-state index in [2.05, 4.69) is 9.82 Å². The Morgan fingerprint density at radius 2 is 1.95 bits per heavy atom. The molecule has 1 heterocycles. The Hall–Kier alpha value is -0.920. The van der Waals surface area contributed by atoms with Crippen molar-refractivity contribution in [2.24, 2.45) is 18.7 Å². The maximum absolute atomic E-state index is 12.4. The highest BCUT2D eigenvalue weighted by atomic mass is 32.2. The van der Waals surface area contributed by atoms with Gasteiger partial charge < -0.3 is 5.73 Å². The lowest BCUT2D eigenvalue weighted by molar-refractivity contribution is 0.464. The molecule has 19 heavy (non-hydrogen) atoms. The van der Waals surface area contributed by atoms with E-state index in [1.165, 1.54) is 0 Å². The average Bonchev–Trinajstić information content (AvgIpc) is 2.51. The molecule has 0 unspecified atom stereocenters. The number of aromatic nitrogens is 2. The Bertz CT molecular complexity index is 534. The van der Waals surface area contributed by atoms with Crippen molar-refractivity contribution in [2.45, 2.75) is 45.1 Å². The molecule has 1 atom stereocenters. The first-order valence-corrected chi connectivity index (χ1v) is 7.90. The van der Waals surface area contributed by atoms with Crippen LogP contribution in [-0.2, 0) is 17.1 Å². The number of hydrogen-bond donors (Lipinski definition) is 2. The van der Waals surface area contributed by atoms with Gasteiger partial charge in [0.2, 0.25) is 10.0 Å². The molecular formula is C12H24N4O2S. The minimum Gasteiger partial charge on any atom is -0.329 e. The standard InChI is InChI=1S/C12H24N4O2S/c1-8(2)6-11(7-13)15-19(17,18)12-9(3)14-16(5)10(12)4/h8,11,15H,6-7,13H2,1-5H3/t11-/m1/s1. The highest BCUT2D eigenvalue weighted by Gasteiger charge is 2.26. The fourth-order valence-corrected chi connectivity index (χ4v) is 3.88. The third kappa shape index (κ3) is 3.77. The summed E-state index contributed by atoms with van der Waals surface area (Å²) in [5.41, 5.74) is 6.78. The van der Waals surface area contributed by atoms with Crippen LogP contribution in [0.1, 0.15) is 31.7 Å². The molecule has 1 aromatic heterocycles. The van der Waals surface area contributed by atoms with Gasteiger partial charge in [-0.05, 0) is 26.2 Å². The average molecular weight is 288 g/mol. The molecule has 0 radical (unpaired) electrons. The zero-order valence-corrected chi connectivity index (χ0v) is 13.1. The fraction of sp³-hybridized carbons (Fsp3) is 0.750. The van der Waals surface area contributed by atoms with Crippen LogP contribution in [-0.4, -0.2) is 30.8 Å². The second kappa shape index (κ2) is 6.02. The maximum atomic E-state index is 12.4. The molecule has 0 saturated carbocycles. The van der Waals surface area contributed by atoms with Crippen LogP contribution in [0.2, 0.25) is 0 Å². The number of aryl methyl sites for hydroxylation is 2. The van der Waals surface area contributed by atoms with Crippen molar-refractivity contribution in [3.8, 4) is 0 Å². The highest BCUT2D eigenvalue weighted by Crippen LogP contribution is 2.19. The van der Waals surface area contributed by atoms with Gasteiger partial charge in [0.25, 0.3) is 0 Å². The molecule has 1 rings (SSSR count). The summed E-state index contributed by atoms with van der Waals surface area (Å²) in [7, 11) is -1.84. The van der Waals surface area contributed by atoms with E-state index in [1.54, 1.807) is 25.6 Å². The largest absolute Gasteiger partial charge is 0.329 e. The molecule has 0 fully saturated rings. The zero-order chi connectivity index (χ0) is 14.8. The third-order valence-electron chi connectivity index (χ3n) is 3.07. The van der Waals surface area contributed by atoms with Gasteiger partial charge in [0, 0.05) is 19.6 Å². The molecule has 0 aliphatic heterocycles. The van der Waals surface area contributed by atoms with Crippen molar-refractivity contribution in [3.63, 3.8) is 0 Å². The lowest BCUT2D eigenvalue weighted by Crippen LogP contribution is -2.41. The Labute approximate surface area is 115 Å². The Morgan fingerprint density at radius 3 is 2.32 bits per heavy atom. The van der Waals surface area contributed by atoms with E-state index < -0.39 is 10.0 Å². The van der Waals surface area contributed by atoms with Crippen LogP contribution in [0.25, 0.3) is 0 Å². The molecule has 0 aromatic carbocycles. The molecule has 110 valence electrons. The molecule has 1 aromatic rings. The van der Waals surface area contributed by atoms with Crippen LogP contribution in [0.4, 0.5) is 0 Å². The summed E-state index contributed by atoms with van der Waals surface area (Å²) in [5, 5.41) is 4.14. The summed E-state index contributed by atoms with van der Waals surface area (Å²) in [6, 6.07) is -0.246. The molecule has 6 nitrogen and oxygen atoms in total. The third-order valence-corrected chi connectivity index (χ3v) is 4.85. The number of nitrogens with two attached hydrogens (primary N) is 1. The van der Waals surface area contributed by atoms with Crippen LogP contribution < -0.4 is 10.5 Å². The normalized spacial score (nSPS) is 14.1. The molecule has 0 saturated heterocycles. The Balaban J connectivity index is 3.04. The molecule has 0 bridgehead atoms. The predicted molar refractivity (Wildman–Crippen MR) is 75.3 cm³/mol. The van der Waals surface area contributed by atoms with Crippen molar-refractivity contribution in [1.29, 1.82) is 0 Å². The molecule has 0 spiro atoms. The van der Waals surface area contributed by atoms with Gasteiger partial charge in [0.1, 0.15) is 4.90 Å². The monoisotopic (exact) mass is 288 g/mol. The van der Waals surface area contributed by atoms with Crippen LogP contribution >= 0.6 is 0 Å². The molecule has 3 N–H and O–H groups in total. The van der Waals surface area contributed by atoms with Gasteiger partial charge in [0.05, 0.1) is 11.4 Å².